The van der Waals surface area contributed by atoms with Crippen molar-refractivity contribution in [3.63, 3.8) is 0 Å². The average molecular weight is 319 g/mol. The SMILES string of the molecule is C=C1CCC2C(C)=CCC(C(C)C)C2CCC(=C)C1.CC.CC. The number of hydrogen-bond acceptors (Lipinski definition) is 0. The lowest BCUT2D eigenvalue weighted by Crippen LogP contribution is -2.31. The van der Waals surface area contributed by atoms with Gasteiger partial charge in [-0.25, -0.2) is 0 Å². The Balaban J connectivity index is 0.00000112. The molecule has 0 bridgehead atoms. The van der Waals surface area contributed by atoms with Gasteiger partial charge in [-0.15, -0.1) is 0 Å². The minimum atomic E-state index is 0.795. The van der Waals surface area contributed by atoms with Crippen molar-refractivity contribution in [1.29, 1.82) is 0 Å². The molecule has 23 heavy (non-hydrogen) atoms. The van der Waals surface area contributed by atoms with Gasteiger partial charge >= 0.3 is 0 Å². The summed E-state index contributed by atoms with van der Waals surface area (Å²) in [5.74, 6) is 3.33. The van der Waals surface area contributed by atoms with E-state index >= 15 is 0 Å². The second-order valence-corrected chi connectivity index (χ2v) is 7.12. The van der Waals surface area contributed by atoms with Crippen LogP contribution in [0.3, 0.4) is 0 Å². The first-order chi connectivity index (χ1) is 11.0. The molecule has 0 amide bonds. The van der Waals surface area contributed by atoms with Gasteiger partial charge in [0.05, 0.1) is 0 Å². The third-order valence-corrected chi connectivity index (χ3v) is 5.36. The van der Waals surface area contributed by atoms with Crippen LogP contribution in [-0.4, -0.2) is 0 Å². The van der Waals surface area contributed by atoms with Crippen molar-refractivity contribution in [2.24, 2.45) is 23.7 Å². The topological polar surface area (TPSA) is 0 Å². The maximum absolute atomic E-state index is 4.26. The Labute approximate surface area is 147 Å². The molecule has 134 valence electrons. The van der Waals surface area contributed by atoms with Crippen LogP contribution in [0.4, 0.5) is 0 Å². The van der Waals surface area contributed by atoms with Gasteiger partial charge in [0.1, 0.15) is 0 Å². The van der Waals surface area contributed by atoms with Gasteiger partial charge in [-0.05, 0) is 69.1 Å². The lowest BCUT2D eigenvalue weighted by molar-refractivity contribution is 0.166. The predicted molar refractivity (Wildman–Crippen MR) is 108 cm³/mol. The van der Waals surface area contributed by atoms with Crippen LogP contribution < -0.4 is 0 Å². The van der Waals surface area contributed by atoms with Crippen LogP contribution in [-0.2, 0) is 0 Å². The van der Waals surface area contributed by atoms with E-state index in [-0.39, 0.29) is 0 Å². The Morgan fingerprint density at radius 1 is 0.957 bits per heavy atom. The molecular weight excluding hydrogens is 276 g/mol. The highest BCUT2D eigenvalue weighted by Crippen LogP contribution is 2.45. The largest absolute Gasteiger partial charge is 0.0995 e. The number of allylic oxidation sites excluding steroid dienone is 4. The fourth-order valence-corrected chi connectivity index (χ4v) is 4.17. The predicted octanol–water partition coefficient (Wildman–Crippen LogP) is 7.97. The van der Waals surface area contributed by atoms with E-state index in [1.807, 2.05) is 27.7 Å². The van der Waals surface area contributed by atoms with Gasteiger partial charge in [-0.3, -0.25) is 0 Å². The molecule has 0 nitrogen and oxygen atoms in total. The molecule has 1 saturated carbocycles. The fourth-order valence-electron chi connectivity index (χ4n) is 4.17. The van der Waals surface area contributed by atoms with Crippen LogP contribution in [0.25, 0.3) is 0 Å². The zero-order chi connectivity index (χ0) is 18.0. The summed E-state index contributed by atoms with van der Waals surface area (Å²) in [6.45, 7) is 23.7. The van der Waals surface area contributed by atoms with Gasteiger partial charge in [0.2, 0.25) is 0 Å². The van der Waals surface area contributed by atoms with E-state index in [0.717, 1.165) is 30.1 Å². The minimum absolute atomic E-state index is 0.795. The third kappa shape index (κ3) is 6.69. The van der Waals surface area contributed by atoms with E-state index in [1.54, 1.807) is 5.57 Å². The number of rotatable bonds is 1. The molecule has 0 N–H and O–H groups in total. The third-order valence-electron chi connectivity index (χ3n) is 5.36. The zero-order valence-corrected chi connectivity index (χ0v) is 17.0. The van der Waals surface area contributed by atoms with Crippen molar-refractivity contribution in [1.82, 2.24) is 0 Å². The van der Waals surface area contributed by atoms with Gasteiger partial charge in [0.15, 0.2) is 0 Å². The molecule has 0 aromatic carbocycles. The molecule has 0 heterocycles. The van der Waals surface area contributed by atoms with E-state index in [0.29, 0.717) is 0 Å². The summed E-state index contributed by atoms with van der Waals surface area (Å²) >= 11 is 0. The maximum atomic E-state index is 4.26. The van der Waals surface area contributed by atoms with Crippen molar-refractivity contribution in [3.05, 3.63) is 36.0 Å². The van der Waals surface area contributed by atoms with Gasteiger partial charge in [0, 0.05) is 0 Å². The van der Waals surface area contributed by atoms with E-state index in [2.05, 4.69) is 40.0 Å². The quantitative estimate of drug-likeness (QED) is 0.430. The summed E-state index contributed by atoms with van der Waals surface area (Å²) in [6, 6.07) is 0. The van der Waals surface area contributed by atoms with Crippen molar-refractivity contribution >= 4 is 0 Å². The second-order valence-electron chi connectivity index (χ2n) is 7.12. The molecule has 2 aliphatic rings. The molecule has 0 radical (unpaired) electrons. The first-order valence-corrected chi connectivity index (χ1v) is 9.99. The molecule has 3 unspecified atom stereocenters. The highest BCUT2D eigenvalue weighted by molar-refractivity contribution is 5.16. The van der Waals surface area contributed by atoms with Crippen LogP contribution >= 0.6 is 0 Å². The lowest BCUT2D eigenvalue weighted by atomic mass is 9.65. The molecule has 0 heteroatoms. The first kappa shape index (κ1) is 22.2. The first-order valence-electron chi connectivity index (χ1n) is 9.99. The maximum Gasteiger partial charge on any atom is -0.0114 e. The Morgan fingerprint density at radius 2 is 1.48 bits per heavy atom. The van der Waals surface area contributed by atoms with Crippen molar-refractivity contribution in [3.8, 4) is 0 Å². The monoisotopic (exact) mass is 318 g/mol. The van der Waals surface area contributed by atoms with Gasteiger partial charge < -0.3 is 0 Å². The number of fused-ring (bicyclic) bond motifs is 1. The molecule has 0 saturated heterocycles. The van der Waals surface area contributed by atoms with Crippen LogP contribution in [0.15, 0.2) is 36.0 Å². The van der Waals surface area contributed by atoms with Crippen molar-refractivity contribution in [2.75, 3.05) is 0 Å². The standard InChI is InChI=1S/C19H30.2C2H6/c1-13(2)17-11-8-16(5)18-9-6-14(3)12-15(4)7-10-19(17)18;2*1-2/h8,13,17-19H,3-4,6-7,9-12H2,1-2,5H3;2*1-2H3. The summed E-state index contributed by atoms with van der Waals surface area (Å²) in [5, 5.41) is 0. The van der Waals surface area contributed by atoms with E-state index < -0.39 is 0 Å². The van der Waals surface area contributed by atoms with Gasteiger partial charge in [-0.2, -0.15) is 0 Å². The zero-order valence-electron chi connectivity index (χ0n) is 17.0. The highest BCUT2D eigenvalue weighted by Gasteiger charge is 2.34. The summed E-state index contributed by atoms with van der Waals surface area (Å²) in [4.78, 5) is 0. The fraction of sp³-hybridized carbons (Fsp3) is 0.739. The van der Waals surface area contributed by atoms with E-state index in [1.165, 1.54) is 43.3 Å². The summed E-state index contributed by atoms with van der Waals surface area (Å²) in [6.07, 6.45) is 9.91. The van der Waals surface area contributed by atoms with Crippen molar-refractivity contribution < 1.29 is 0 Å². The lowest BCUT2D eigenvalue weighted by Gasteiger charge is -2.40. The van der Waals surface area contributed by atoms with E-state index in [4.69, 9.17) is 0 Å². The highest BCUT2D eigenvalue weighted by atomic mass is 14.4. The van der Waals surface area contributed by atoms with Gasteiger partial charge in [-0.1, -0.05) is 77.5 Å². The summed E-state index contributed by atoms with van der Waals surface area (Å²) in [7, 11) is 0. The minimum Gasteiger partial charge on any atom is -0.0995 e. The van der Waals surface area contributed by atoms with Crippen LogP contribution in [0, 0.1) is 23.7 Å². The molecule has 2 aliphatic carbocycles. The summed E-state index contributed by atoms with van der Waals surface area (Å²) in [5.41, 5.74) is 4.44. The normalized spacial score (nSPS) is 28.0. The Morgan fingerprint density at radius 3 is 2.00 bits per heavy atom. The van der Waals surface area contributed by atoms with E-state index in [9.17, 15) is 0 Å². The molecule has 2 rings (SSSR count). The Kier molecular flexibility index (Phi) is 11.3. The molecule has 0 aromatic heterocycles. The average Bonchev–Trinajstić information content (AvgIpc) is 2.61. The van der Waals surface area contributed by atoms with Crippen LogP contribution in [0.2, 0.25) is 0 Å². The second kappa shape index (κ2) is 11.7. The summed E-state index contributed by atoms with van der Waals surface area (Å²) < 4.78 is 0. The Hall–Kier alpha value is -0.780. The van der Waals surface area contributed by atoms with Crippen LogP contribution in [0.5, 0.6) is 0 Å². The smallest absolute Gasteiger partial charge is 0.0114 e. The van der Waals surface area contributed by atoms with Crippen molar-refractivity contribution in [2.45, 2.75) is 87.0 Å². The molecular formula is C23H42. The molecule has 0 aromatic rings. The molecule has 0 aliphatic heterocycles. The molecule has 3 atom stereocenters. The molecule has 1 fully saturated rings. The Bertz CT molecular complexity index is 383. The van der Waals surface area contributed by atoms with Gasteiger partial charge in [0.25, 0.3) is 0 Å². The van der Waals surface area contributed by atoms with Crippen LogP contribution in [0.1, 0.15) is 87.0 Å². The number of hydrogen-bond donors (Lipinski definition) is 0. The molecule has 0 spiro atoms.